The Hall–Kier alpha value is -1.55. The van der Waals surface area contributed by atoms with E-state index in [0.29, 0.717) is 6.04 Å². The van der Waals surface area contributed by atoms with Crippen molar-refractivity contribution >= 4 is 6.03 Å². The van der Waals surface area contributed by atoms with E-state index in [1.807, 2.05) is 6.07 Å². The third kappa shape index (κ3) is 6.17. The lowest BCUT2D eigenvalue weighted by atomic mass is 10.2. The molecule has 0 aliphatic heterocycles. The van der Waals surface area contributed by atoms with Crippen molar-refractivity contribution in [2.75, 3.05) is 20.1 Å². The Morgan fingerprint density at radius 3 is 2.67 bits per heavy atom. The van der Waals surface area contributed by atoms with E-state index in [0.717, 1.165) is 38.9 Å². The number of rotatable bonds is 7. The average Bonchev–Trinajstić information content (AvgIpc) is 2.97. The monoisotopic (exact) mass is 289 g/mol. The van der Waals surface area contributed by atoms with Crippen molar-refractivity contribution in [1.29, 1.82) is 0 Å². The molecule has 1 saturated carbocycles. The summed E-state index contributed by atoms with van der Waals surface area (Å²) in [4.78, 5) is 14.0. The van der Waals surface area contributed by atoms with Crippen LogP contribution in [0.3, 0.4) is 0 Å². The van der Waals surface area contributed by atoms with E-state index in [9.17, 15) is 4.79 Å². The molecule has 0 bridgehead atoms. The SMILES string of the molecule is CN(CCCNC(=O)NC1CCCC1)Cc1ccccc1. The van der Waals surface area contributed by atoms with E-state index >= 15 is 0 Å². The number of hydrogen-bond acceptors (Lipinski definition) is 2. The molecule has 0 heterocycles. The van der Waals surface area contributed by atoms with Gasteiger partial charge in [-0.2, -0.15) is 0 Å². The minimum atomic E-state index is -0.00684. The summed E-state index contributed by atoms with van der Waals surface area (Å²) in [5, 5.41) is 6.00. The van der Waals surface area contributed by atoms with Crippen LogP contribution in [0.4, 0.5) is 4.79 Å². The highest BCUT2D eigenvalue weighted by atomic mass is 16.2. The summed E-state index contributed by atoms with van der Waals surface area (Å²) in [6, 6.07) is 10.8. The van der Waals surface area contributed by atoms with E-state index in [-0.39, 0.29) is 6.03 Å². The van der Waals surface area contributed by atoms with Crippen LogP contribution in [-0.4, -0.2) is 37.1 Å². The Bertz CT molecular complexity index is 415. The molecule has 21 heavy (non-hydrogen) atoms. The molecule has 0 aromatic heterocycles. The molecular weight excluding hydrogens is 262 g/mol. The Balaban J connectivity index is 1.53. The van der Waals surface area contributed by atoms with E-state index in [4.69, 9.17) is 0 Å². The predicted molar refractivity (Wildman–Crippen MR) is 86.2 cm³/mol. The van der Waals surface area contributed by atoms with Gasteiger partial charge < -0.3 is 15.5 Å². The van der Waals surface area contributed by atoms with Crippen molar-refractivity contribution in [3.05, 3.63) is 35.9 Å². The van der Waals surface area contributed by atoms with Crippen molar-refractivity contribution in [1.82, 2.24) is 15.5 Å². The number of carbonyl (C=O) groups is 1. The minimum Gasteiger partial charge on any atom is -0.338 e. The number of nitrogens with one attached hydrogen (secondary N) is 2. The summed E-state index contributed by atoms with van der Waals surface area (Å²) in [5.41, 5.74) is 1.33. The molecule has 2 rings (SSSR count). The number of amides is 2. The van der Waals surface area contributed by atoms with Crippen LogP contribution in [0.1, 0.15) is 37.7 Å². The van der Waals surface area contributed by atoms with Crippen molar-refractivity contribution in [2.45, 2.75) is 44.7 Å². The molecule has 4 nitrogen and oxygen atoms in total. The first kappa shape index (κ1) is 15.8. The maximum absolute atomic E-state index is 11.7. The fraction of sp³-hybridized carbons (Fsp3) is 0.588. The van der Waals surface area contributed by atoms with Crippen LogP contribution in [0.15, 0.2) is 30.3 Å². The van der Waals surface area contributed by atoms with Crippen LogP contribution >= 0.6 is 0 Å². The number of hydrogen-bond donors (Lipinski definition) is 2. The maximum atomic E-state index is 11.7. The van der Waals surface area contributed by atoms with Gasteiger partial charge in [-0.15, -0.1) is 0 Å². The van der Waals surface area contributed by atoms with Crippen molar-refractivity contribution in [3.8, 4) is 0 Å². The third-order valence-electron chi connectivity index (χ3n) is 3.99. The number of carbonyl (C=O) groups excluding carboxylic acids is 1. The molecular formula is C17H27N3O. The van der Waals surface area contributed by atoms with Gasteiger partial charge >= 0.3 is 6.03 Å². The van der Waals surface area contributed by atoms with Gasteiger partial charge in [0.25, 0.3) is 0 Å². The highest BCUT2D eigenvalue weighted by Crippen LogP contribution is 2.17. The van der Waals surface area contributed by atoms with Gasteiger partial charge in [0.2, 0.25) is 0 Å². The molecule has 116 valence electrons. The lowest BCUT2D eigenvalue weighted by Gasteiger charge is -2.17. The Kier molecular flexibility index (Phi) is 6.54. The first-order valence-corrected chi connectivity index (χ1v) is 8.01. The van der Waals surface area contributed by atoms with Crippen LogP contribution in [0, 0.1) is 0 Å². The van der Waals surface area contributed by atoms with Crippen LogP contribution in [0.5, 0.6) is 0 Å². The molecule has 0 saturated heterocycles. The van der Waals surface area contributed by atoms with E-state index < -0.39 is 0 Å². The second-order valence-corrected chi connectivity index (χ2v) is 5.96. The van der Waals surface area contributed by atoms with Gasteiger partial charge in [0.05, 0.1) is 0 Å². The molecule has 4 heteroatoms. The quantitative estimate of drug-likeness (QED) is 0.758. The van der Waals surface area contributed by atoms with Crippen molar-refractivity contribution < 1.29 is 4.79 Å². The van der Waals surface area contributed by atoms with Crippen LogP contribution < -0.4 is 10.6 Å². The number of urea groups is 1. The Morgan fingerprint density at radius 1 is 1.24 bits per heavy atom. The Labute approximate surface area is 127 Å². The molecule has 2 amide bonds. The van der Waals surface area contributed by atoms with E-state index in [1.54, 1.807) is 0 Å². The zero-order valence-electron chi connectivity index (χ0n) is 13.0. The fourth-order valence-electron chi connectivity index (χ4n) is 2.83. The summed E-state index contributed by atoms with van der Waals surface area (Å²) in [6.45, 7) is 2.67. The molecule has 1 fully saturated rings. The molecule has 2 N–H and O–H groups in total. The van der Waals surface area contributed by atoms with Gasteiger partial charge in [-0.3, -0.25) is 0 Å². The van der Waals surface area contributed by atoms with Crippen molar-refractivity contribution in [2.24, 2.45) is 0 Å². The standard InChI is InChI=1S/C17H27N3O/c1-20(14-15-8-3-2-4-9-15)13-7-12-18-17(21)19-16-10-5-6-11-16/h2-4,8-9,16H,5-7,10-14H2,1H3,(H2,18,19,21). The van der Waals surface area contributed by atoms with Gasteiger partial charge in [-0.1, -0.05) is 43.2 Å². The molecule has 0 radical (unpaired) electrons. The molecule has 1 aliphatic carbocycles. The smallest absolute Gasteiger partial charge is 0.315 e. The molecule has 0 atom stereocenters. The lowest BCUT2D eigenvalue weighted by molar-refractivity contribution is 0.236. The molecule has 1 aromatic rings. The van der Waals surface area contributed by atoms with Gasteiger partial charge in [0.15, 0.2) is 0 Å². The minimum absolute atomic E-state index is 0.00684. The van der Waals surface area contributed by atoms with Crippen LogP contribution in [-0.2, 0) is 6.54 Å². The average molecular weight is 289 g/mol. The van der Waals surface area contributed by atoms with Crippen molar-refractivity contribution in [3.63, 3.8) is 0 Å². The highest BCUT2D eigenvalue weighted by Gasteiger charge is 2.16. The van der Waals surface area contributed by atoms with Gasteiger partial charge in [0, 0.05) is 19.1 Å². The molecule has 1 aliphatic rings. The molecule has 0 unspecified atom stereocenters. The summed E-state index contributed by atoms with van der Waals surface area (Å²) >= 11 is 0. The zero-order valence-corrected chi connectivity index (χ0v) is 13.0. The lowest BCUT2D eigenvalue weighted by Crippen LogP contribution is -2.41. The topological polar surface area (TPSA) is 44.4 Å². The molecule has 1 aromatic carbocycles. The zero-order chi connectivity index (χ0) is 14.9. The Morgan fingerprint density at radius 2 is 1.95 bits per heavy atom. The number of benzene rings is 1. The number of nitrogens with zero attached hydrogens (tertiary/aromatic N) is 1. The van der Waals surface area contributed by atoms with Gasteiger partial charge in [-0.25, -0.2) is 4.79 Å². The second-order valence-electron chi connectivity index (χ2n) is 5.96. The van der Waals surface area contributed by atoms with E-state index in [1.165, 1.54) is 18.4 Å². The first-order valence-electron chi connectivity index (χ1n) is 8.01. The summed E-state index contributed by atoms with van der Waals surface area (Å²) in [5.74, 6) is 0. The fourth-order valence-corrected chi connectivity index (χ4v) is 2.83. The second kappa shape index (κ2) is 8.67. The normalized spacial score (nSPS) is 15.3. The summed E-state index contributed by atoms with van der Waals surface area (Å²) in [7, 11) is 2.12. The summed E-state index contributed by atoms with van der Waals surface area (Å²) in [6.07, 6.45) is 5.73. The molecule has 0 spiro atoms. The van der Waals surface area contributed by atoms with Crippen LogP contribution in [0.25, 0.3) is 0 Å². The van der Waals surface area contributed by atoms with Crippen LogP contribution in [0.2, 0.25) is 0 Å². The highest BCUT2D eigenvalue weighted by molar-refractivity contribution is 5.74. The van der Waals surface area contributed by atoms with E-state index in [2.05, 4.69) is 46.8 Å². The largest absolute Gasteiger partial charge is 0.338 e. The summed E-state index contributed by atoms with van der Waals surface area (Å²) < 4.78 is 0. The van der Waals surface area contributed by atoms with Gasteiger partial charge in [-0.05, 0) is 38.4 Å². The predicted octanol–water partition coefficient (Wildman–Crippen LogP) is 2.75. The maximum Gasteiger partial charge on any atom is 0.315 e. The van der Waals surface area contributed by atoms with Gasteiger partial charge in [0.1, 0.15) is 0 Å². The third-order valence-corrected chi connectivity index (χ3v) is 3.99. The first-order chi connectivity index (χ1) is 10.2.